The molecule has 3 heterocycles. The van der Waals surface area contributed by atoms with Gasteiger partial charge in [-0.25, -0.2) is 4.98 Å². The fraction of sp³-hybridized carbons (Fsp3) is 0.143. The van der Waals surface area contributed by atoms with E-state index in [1.807, 2.05) is 24.4 Å². The molecule has 310 valence electrons. The molecule has 9 aromatic rings. The molecule has 10 rings (SSSR count). The Labute approximate surface area is 379 Å². The summed E-state index contributed by atoms with van der Waals surface area (Å²) in [5.41, 5.74) is 13.2. The summed E-state index contributed by atoms with van der Waals surface area (Å²) in [6, 6.07) is 65.0. The van der Waals surface area contributed by atoms with Crippen molar-refractivity contribution in [1.82, 2.24) is 9.55 Å². The number of hydrogen-bond acceptors (Lipinski definition) is 4. The van der Waals surface area contributed by atoms with Crippen molar-refractivity contribution in [2.45, 2.75) is 52.4 Å². The summed E-state index contributed by atoms with van der Waals surface area (Å²) in [7, 11) is 0. The van der Waals surface area contributed by atoms with Gasteiger partial charge in [0.25, 0.3) is 0 Å². The van der Waals surface area contributed by atoms with Gasteiger partial charge < -0.3 is 19.1 Å². The zero-order chi connectivity index (χ0) is 41.9. The van der Waals surface area contributed by atoms with Gasteiger partial charge in [0.1, 0.15) is 5.82 Å². The van der Waals surface area contributed by atoms with E-state index < -0.39 is 0 Å². The number of benzene rings is 7. The first-order valence-corrected chi connectivity index (χ1v) is 21.0. The van der Waals surface area contributed by atoms with E-state index in [2.05, 4.69) is 220 Å². The third-order valence-corrected chi connectivity index (χ3v) is 11.7. The number of ether oxygens (including phenoxy) is 1. The summed E-state index contributed by atoms with van der Waals surface area (Å²) >= 11 is 0. The molecule has 6 heteroatoms. The molecule has 0 fully saturated rings. The number of fused-ring (bicyclic) bond motifs is 4. The number of hydrogen-bond donors (Lipinski definition) is 0. The number of nitrogens with zero attached hydrogens (tertiary/aromatic N) is 4. The summed E-state index contributed by atoms with van der Waals surface area (Å²) in [5.74, 6) is 2.06. The monoisotopic (exact) mass is 986 g/mol. The van der Waals surface area contributed by atoms with Crippen LogP contribution in [0.4, 0.5) is 22.7 Å². The molecule has 1 aliphatic rings. The van der Waals surface area contributed by atoms with Crippen LogP contribution in [0.5, 0.6) is 11.5 Å². The van der Waals surface area contributed by atoms with Gasteiger partial charge in [0.15, 0.2) is 0 Å². The molecule has 0 bridgehead atoms. The molecule has 62 heavy (non-hydrogen) atoms. The first kappa shape index (κ1) is 41.0. The van der Waals surface area contributed by atoms with Gasteiger partial charge in [-0.2, -0.15) is 12.1 Å². The molecule has 0 N–H and O–H groups in total. The van der Waals surface area contributed by atoms with Crippen LogP contribution in [0.25, 0.3) is 49.9 Å². The van der Waals surface area contributed by atoms with Crippen LogP contribution in [0.2, 0.25) is 0 Å². The zero-order valence-electron chi connectivity index (χ0n) is 35.8. The summed E-state index contributed by atoms with van der Waals surface area (Å²) in [6.07, 6.45) is 1.91. The number of aromatic nitrogens is 2. The van der Waals surface area contributed by atoms with Gasteiger partial charge in [-0.05, 0) is 80.4 Å². The van der Waals surface area contributed by atoms with Crippen LogP contribution in [-0.2, 0) is 31.9 Å². The minimum absolute atomic E-state index is 0. The van der Waals surface area contributed by atoms with Gasteiger partial charge in [0.2, 0.25) is 0 Å². The van der Waals surface area contributed by atoms with Crippen molar-refractivity contribution in [1.29, 1.82) is 0 Å². The molecule has 0 saturated heterocycles. The Morgan fingerprint density at radius 1 is 0.516 bits per heavy atom. The minimum atomic E-state index is -0.0324. The smallest absolute Gasteiger partial charge is 0.135 e. The molecule has 1 aliphatic heterocycles. The SMILES string of the molecule is CC(C)(C)c1ccnc(-n2c3[c-]c(Oc4[c-]c(N5[CH-]N(c6cc(-c7ccccc7)ccc6-c6ccccc6)c6ccccc65)ccc4)ccc3c3cc(C(C)(C)C)ccc32)c1.[Pt]. The predicted octanol–water partition coefficient (Wildman–Crippen LogP) is 14.9. The Balaban J connectivity index is 0.00000490. The molecule has 0 saturated carbocycles. The molecule has 0 unspecified atom stereocenters. The largest absolute Gasteiger partial charge is 0.509 e. The second-order valence-corrected chi connectivity index (χ2v) is 17.9. The van der Waals surface area contributed by atoms with Crippen molar-refractivity contribution in [3.63, 3.8) is 0 Å². The molecular weight excluding hydrogens is 940 g/mol. The van der Waals surface area contributed by atoms with E-state index >= 15 is 0 Å². The van der Waals surface area contributed by atoms with E-state index in [-0.39, 0.29) is 31.9 Å². The fourth-order valence-electron chi connectivity index (χ4n) is 8.35. The molecular formula is C56H47N4OPt-3. The zero-order valence-corrected chi connectivity index (χ0v) is 38.0. The van der Waals surface area contributed by atoms with E-state index in [0.29, 0.717) is 11.5 Å². The fourth-order valence-corrected chi connectivity index (χ4v) is 8.35. The quantitative estimate of drug-likeness (QED) is 0.149. The van der Waals surface area contributed by atoms with Crippen LogP contribution in [0.15, 0.2) is 170 Å². The van der Waals surface area contributed by atoms with Crippen LogP contribution in [0.3, 0.4) is 0 Å². The van der Waals surface area contributed by atoms with Gasteiger partial charge in [0.05, 0.1) is 0 Å². The van der Waals surface area contributed by atoms with Crippen molar-refractivity contribution >= 4 is 44.6 Å². The van der Waals surface area contributed by atoms with Crippen LogP contribution in [0.1, 0.15) is 52.7 Å². The van der Waals surface area contributed by atoms with Crippen molar-refractivity contribution in [2.24, 2.45) is 0 Å². The second-order valence-electron chi connectivity index (χ2n) is 17.9. The van der Waals surface area contributed by atoms with Crippen LogP contribution >= 0.6 is 0 Å². The molecule has 7 aromatic carbocycles. The third-order valence-electron chi connectivity index (χ3n) is 11.7. The van der Waals surface area contributed by atoms with Gasteiger partial charge in [-0.15, -0.1) is 48.1 Å². The van der Waals surface area contributed by atoms with Crippen LogP contribution < -0.4 is 14.5 Å². The molecule has 0 radical (unpaired) electrons. The average molecular weight is 987 g/mol. The Bertz CT molecular complexity index is 3070. The number of anilines is 4. The Morgan fingerprint density at radius 2 is 1.18 bits per heavy atom. The summed E-state index contributed by atoms with van der Waals surface area (Å²) < 4.78 is 8.89. The summed E-state index contributed by atoms with van der Waals surface area (Å²) in [6.45, 7) is 15.6. The molecule has 0 spiro atoms. The Hall–Kier alpha value is -6.42. The first-order valence-electron chi connectivity index (χ1n) is 21.0. The normalized spacial score (nSPS) is 12.7. The number of rotatable bonds is 7. The summed E-state index contributed by atoms with van der Waals surface area (Å²) in [5, 5.41) is 2.27. The average Bonchev–Trinajstić information content (AvgIpc) is 3.82. The predicted molar refractivity (Wildman–Crippen MR) is 252 cm³/mol. The molecule has 0 atom stereocenters. The van der Waals surface area contributed by atoms with E-state index in [0.717, 1.165) is 61.7 Å². The van der Waals surface area contributed by atoms with Crippen molar-refractivity contribution in [3.05, 3.63) is 200 Å². The first-order chi connectivity index (χ1) is 29.5. The standard InChI is InChI=1S/C56H47N4O.Pt/c1-55(2,3)41-25-29-49-48(33-41)47-28-26-45(36-53(47)60(49)54-34-42(30-31-57-54)56(4,5)6)61-44-21-15-20-43(35-44)58-37-59(51-23-14-13-22-50(51)58)52-32-40(38-16-9-7-10-17-38)24-27-46(52)39-18-11-8-12-19-39;/h7-34,37H,1-6H3;/q-3;. The van der Waals surface area contributed by atoms with Crippen molar-refractivity contribution in [2.75, 3.05) is 9.80 Å². The van der Waals surface area contributed by atoms with E-state index in [1.165, 1.54) is 22.1 Å². The summed E-state index contributed by atoms with van der Waals surface area (Å²) in [4.78, 5) is 9.39. The van der Waals surface area contributed by atoms with Crippen LogP contribution in [0, 0.1) is 18.8 Å². The van der Waals surface area contributed by atoms with E-state index in [1.54, 1.807) is 0 Å². The molecule has 0 aliphatic carbocycles. The Morgan fingerprint density at radius 3 is 1.90 bits per heavy atom. The molecule has 2 aromatic heterocycles. The van der Waals surface area contributed by atoms with Crippen LogP contribution in [-0.4, -0.2) is 9.55 Å². The van der Waals surface area contributed by atoms with Gasteiger partial charge in [-0.1, -0.05) is 144 Å². The van der Waals surface area contributed by atoms with Crippen molar-refractivity contribution in [3.8, 4) is 39.6 Å². The maximum Gasteiger partial charge on any atom is 0.135 e. The van der Waals surface area contributed by atoms with Gasteiger partial charge >= 0.3 is 0 Å². The molecule has 5 nitrogen and oxygen atoms in total. The third kappa shape index (κ3) is 7.60. The Kier molecular flexibility index (Phi) is 10.7. The minimum Gasteiger partial charge on any atom is -0.509 e. The van der Waals surface area contributed by atoms with Gasteiger partial charge in [0, 0.05) is 66.9 Å². The van der Waals surface area contributed by atoms with Crippen molar-refractivity contribution < 1.29 is 25.8 Å². The maximum absolute atomic E-state index is 6.67. The maximum atomic E-state index is 6.67. The topological polar surface area (TPSA) is 33.5 Å². The number of pyridine rings is 1. The van der Waals surface area contributed by atoms with Gasteiger partial charge in [-0.3, -0.25) is 0 Å². The second kappa shape index (κ2) is 16.1. The number of para-hydroxylation sites is 2. The van der Waals surface area contributed by atoms with E-state index in [4.69, 9.17) is 9.72 Å². The molecule has 0 amide bonds. The van der Waals surface area contributed by atoms with E-state index in [9.17, 15) is 0 Å².